The van der Waals surface area contributed by atoms with Crippen molar-refractivity contribution in [2.75, 3.05) is 29.8 Å². The highest BCUT2D eigenvalue weighted by molar-refractivity contribution is 8.13. The van der Waals surface area contributed by atoms with Gasteiger partial charge in [0.2, 0.25) is 5.91 Å². The normalized spacial score (nSPS) is 23.6. The van der Waals surface area contributed by atoms with Gasteiger partial charge in [-0.15, -0.1) is 11.8 Å². The number of amides is 1. The molecule has 0 saturated carbocycles. The van der Waals surface area contributed by atoms with Crippen LogP contribution in [0.5, 0.6) is 0 Å². The number of ether oxygens (including phenoxy) is 4. The zero-order valence-electron chi connectivity index (χ0n) is 23.5. The van der Waals surface area contributed by atoms with Crippen molar-refractivity contribution >= 4 is 69.3 Å². The Morgan fingerprint density at radius 2 is 1.38 bits per heavy atom. The van der Waals surface area contributed by atoms with Gasteiger partial charge in [0.25, 0.3) is 0 Å². The quantitative estimate of drug-likeness (QED) is 0.135. The molecule has 1 amide bonds. The van der Waals surface area contributed by atoms with Crippen molar-refractivity contribution in [1.29, 1.82) is 0 Å². The number of carboxylic acid groups (broad SMARTS) is 1. The molecule has 0 radical (unpaired) electrons. The van der Waals surface area contributed by atoms with Crippen LogP contribution < -0.4 is 10.4 Å². The Labute approximate surface area is 240 Å². The summed E-state index contributed by atoms with van der Waals surface area (Å²) < 4.78 is 22.8. The van der Waals surface area contributed by atoms with Gasteiger partial charge in [-0.1, -0.05) is 11.8 Å². The molecular formula is C24H39NO11S3. The molecule has 1 aliphatic rings. The molecule has 39 heavy (non-hydrogen) atoms. The highest BCUT2D eigenvalue weighted by Crippen LogP contribution is 2.34. The highest BCUT2D eigenvalue weighted by Gasteiger charge is 2.54. The van der Waals surface area contributed by atoms with Crippen LogP contribution in [0, 0.1) is 0 Å². The third kappa shape index (κ3) is 16.0. The van der Waals surface area contributed by atoms with E-state index in [4.69, 9.17) is 28.8 Å². The monoisotopic (exact) mass is 613 g/mol. The third-order valence-corrected chi connectivity index (χ3v) is 8.52. The number of carbonyl (C=O) groups excluding carboxylic acids is 6. The molecule has 12 nitrogen and oxygen atoms in total. The Balaban J connectivity index is 0.00000336. The maximum atomic E-state index is 12.1. The Bertz CT molecular complexity index is 853. The fourth-order valence-electron chi connectivity index (χ4n) is 3.71. The number of nitrogens with one attached hydrogen (secondary N) is 1. The molecule has 1 saturated heterocycles. The van der Waals surface area contributed by atoms with E-state index < -0.39 is 59.8 Å². The fraction of sp³-hybridized carbons (Fsp3) is 0.750. The van der Waals surface area contributed by atoms with Crippen LogP contribution in [0.2, 0.25) is 0 Å². The minimum atomic E-state index is -1.13. The minimum Gasteiger partial charge on any atom is -0.550 e. The number of rotatable bonds is 12. The van der Waals surface area contributed by atoms with Gasteiger partial charge in [-0.25, -0.2) is 0 Å². The number of carboxylic acids is 1. The molecule has 1 aliphatic heterocycles. The van der Waals surface area contributed by atoms with Crippen LogP contribution in [0.15, 0.2) is 0 Å². The van der Waals surface area contributed by atoms with Crippen molar-refractivity contribution < 1.29 is 52.8 Å². The number of hydrogen-bond donors (Lipinski definition) is 1. The molecular weight excluding hydrogens is 574 g/mol. The largest absolute Gasteiger partial charge is 0.550 e. The molecule has 0 spiro atoms. The van der Waals surface area contributed by atoms with Gasteiger partial charge >= 0.3 is 17.9 Å². The van der Waals surface area contributed by atoms with E-state index in [-0.39, 0.29) is 21.9 Å². The summed E-state index contributed by atoms with van der Waals surface area (Å²) in [6, 6.07) is -0.573. The number of esters is 3. The summed E-state index contributed by atoms with van der Waals surface area (Å²) in [5.74, 6) is -1.21. The fourth-order valence-corrected chi connectivity index (χ4v) is 6.88. The smallest absolute Gasteiger partial charge is 0.303 e. The summed E-state index contributed by atoms with van der Waals surface area (Å²) in [4.78, 5) is 67.9. The lowest BCUT2D eigenvalue weighted by Gasteiger charge is -2.46. The van der Waals surface area contributed by atoms with E-state index in [2.05, 4.69) is 5.32 Å². The highest BCUT2D eigenvalue weighted by atomic mass is 32.2. The van der Waals surface area contributed by atoms with Crippen LogP contribution in [0.3, 0.4) is 0 Å². The third-order valence-electron chi connectivity index (χ3n) is 4.86. The van der Waals surface area contributed by atoms with Crippen LogP contribution in [0.25, 0.3) is 0 Å². The molecule has 1 fully saturated rings. The molecule has 1 heterocycles. The molecule has 0 aromatic rings. The van der Waals surface area contributed by atoms with E-state index in [1.165, 1.54) is 58.1 Å². The molecule has 224 valence electrons. The Morgan fingerprint density at radius 1 is 0.897 bits per heavy atom. The van der Waals surface area contributed by atoms with Crippen molar-refractivity contribution in [1.82, 2.24) is 5.32 Å². The van der Waals surface area contributed by atoms with E-state index >= 15 is 0 Å². The molecule has 0 aromatic heterocycles. The van der Waals surface area contributed by atoms with Gasteiger partial charge in [-0.05, 0) is 24.1 Å². The van der Waals surface area contributed by atoms with Crippen molar-refractivity contribution in [3.63, 3.8) is 0 Å². The summed E-state index contributed by atoms with van der Waals surface area (Å²) in [5.41, 5.74) is -0.734. The van der Waals surface area contributed by atoms with Gasteiger partial charge in [0.15, 0.2) is 23.4 Å². The first kappa shape index (κ1) is 37.0. The van der Waals surface area contributed by atoms with Crippen LogP contribution in [0.1, 0.15) is 48.0 Å². The van der Waals surface area contributed by atoms with Gasteiger partial charge in [-0.3, -0.25) is 24.0 Å². The Morgan fingerprint density at radius 3 is 1.82 bits per heavy atom. The maximum absolute atomic E-state index is 12.1. The molecule has 7 atom stereocenters. The van der Waals surface area contributed by atoms with Crippen LogP contribution >= 0.6 is 23.5 Å². The molecule has 0 aliphatic carbocycles. The first-order valence-corrected chi connectivity index (χ1v) is 16.2. The van der Waals surface area contributed by atoms with Crippen molar-refractivity contribution in [2.45, 2.75) is 83.9 Å². The standard InChI is InChI=1S/C22H35NO9S3.C2H4O2/c1-12(24)23-17(11-35(7)10-8-9-34-16(5)28)18-19(29-13(2)25)20(30-14(3)26)21(31-15(4)27)22(32-18)33-6;1-2(3)4/h17-22H,8-11H2,1-7H3;1H3,(H,3,4)/t17-,18+,19-,20-,21+,22+,35?;/m0./s1. The molecule has 15 heteroatoms. The lowest BCUT2D eigenvalue weighted by molar-refractivity contribution is -0.302. The van der Waals surface area contributed by atoms with Gasteiger partial charge in [-0.2, -0.15) is 0 Å². The minimum absolute atomic E-state index is 0.0684. The van der Waals surface area contributed by atoms with Crippen molar-refractivity contribution in [3.8, 4) is 0 Å². The van der Waals surface area contributed by atoms with Crippen LogP contribution in [0.4, 0.5) is 0 Å². The number of aliphatic carboxylic acids is 1. The summed E-state index contributed by atoms with van der Waals surface area (Å²) in [6.45, 7) is 7.53. The van der Waals surface area contributed by atoms with Crippen LogP contribution in [-0.4, -0.2) is 101 Å². The van der Waals surface area contributed by atoms with E-state index in [1.807, 2.05) is 6.26 Å². The molecule has 0 bridgehead atoms. The number of carbonyl (C=O) groups is 6. The Hall–Kier alpha value is -1.97. The first-order valence-electron chi connectivity index (χ1n) is 12.0. The van der Waals surface area contributed by atoms with Gasteiger partial charge < -0.3 is 34.2 Å². The predicted octanol–water partition coefficient (Wildman–Crippen LogP) is 0.0482. The second kappa shape index (κ2) is 19.2. The van der Waals surface area contributed by atoms with Gasteiger partial charge in [0.1, 0.15) is 29.1 Å². The predicted molar refractivity (Wildman–Crippen MR) is 148 cm³/mol. The van der Waals surface area contributed by atoms with E-state index in [0.29, 0.717) is 11.5 Å². The Kier molecular flexibility index (Phi) is 18.2. The second-order valence-corrected chi connectivity index (χ2v) is 13.1. The molecule has 1 unspecified atom stereocenters. The summed E-state index contributed by atoms with van der Waals surface area (Å²) >= 11 is 2.52. The van der Waals surface area contributed by atoms with Crippen molar-refractivity contribution in [3.05, 3.63) is 0 Å². The van der Waals surface area contributed by atoms with Gasteiger partial charge in [0, 0.05) is 52.8 Å². The molecule has 1 N–H and O–H groups in total. The number of hydrogen-bond acceptors (Lipinski definition) is 13. The average Bonchev–Trinajstić information content (AvgIpc) is 2.77. The van der Waals surface area contributed by atoms with E-state index in [9.17, 15) is 24.0 Å². The van der Waals surface area contributed by atoms with Crippen LogP contribution in [-0.2, 0) is 58.6 Å². The zero-order chi connectivity index (χ0) is 30.3. The molecule has 0 aromatic carbocycles. The lowest BCUT2D eigenvalue weighted by atomic mass is 9.94. The summed E-state index contributed by atoms with van der Waals surface area (Å²) in [5, 5.41) is 11.9. The first-order chi connectivity index (χ1) is 18.1. The van der Waals surface area contributed by atoms with E-state index in [1.54, 1.807) is 6.26 Å². The molecule has 1 rings (SSSR count). The summed E-state index contributed by atoms with van der Waals surface area (Å²) in [7, 11) is -0.173. The topological polar surface area (TPSA) is 174 Å². The second-order valence-electron chi connectivity index (χ2n) is 8.57. The average molecular weight is 614 g/mol. The van der Waals surface area contributed by atoms with Crippen molar-refractivity contribution in [2.24, 2.45) is 0 Å². The lowest BCUT2D eigenvalue weighted by Crippen LogP contribution is -2.66. The maximum Gasteiger partial charge on any atom is 0.303 e. The number of thioether (sulfide) groups is 2. The SMILES string of the molecule is CC(=O)[O-].CS[C@H]1O[C@H]([C@H](C[S+](C)CCCSC(C)=O)NC(C)=O)[C@H](OC(C)=O)[C@H](OC(C)=O)[C@H]1OC(C)=O. The zero-order valence-corrected chi connectivity index (χ0v) is 26.0. The van der Waals surface area contributed by atoms with E-state index in [0.717, 1.165) is 19.1 Å². The van der Waals surface area contributed by atoms with Gasteiger partial charge in [0.05, 0.1) is 6.26 Å². The summed E-state index contributed by atoms with van der Waals surface area (Å²) in [6.07, 6.45) is 0.498.